The Balaban J connectivity index is 2.15. The molecule has 0 unspecified atom stereocenters. The average Bonchev–Trinajstić information content (AvgIpc) is 2.29. The standard InChI is InChI=1S/C14H18ClFO/c1-10-5-7-14(17,8-6-10)9-11-12(15)3-2-4-13(11)16/h2-4,10,17H,5-9H2,1H3. The highest BCUT2D eigenvalue weighted by molar-refractivity contribution is 6.31. The molecule has 0 amide bonds. The van der Waals surface area contributed by atoms with Crippen LogP contribution in [0.5, 0.6) is 0 Å². The fourth-order valence-corrected chi connectivity index (χ4v) is 2.74. The molecule has 1 saturated carbocycles. The zero-order chi connectivity index (χ0) is 12.5. The lowest BCUT2D eigenvalue weighted by molar-refractivity contribution is -0.00729. The Labute approximate surface area is 107 Å². The summed E-state index contributed by atoms with van der Waals surface area (Å²) in [5.41, 5.74) is -0.329. The molecular weight excluding hydrogens is 239 g/mol. The quantitative estimate of drug-likeness (QED) is 0.849. The molecule has 1 aromatic carbocycles. The molecule has 1 aliphatic rings. The van der Waals surface area contributed by atoms with Gasteiger partial charge in [0, 0.05) is 17.0 Å². The molecule has 0 aliphatic heterocycles. The van der Waals surface area contributed by atoms with Crippen LogP contribution >= 0.6 is 11.6 Å². The third kappa shape index (κ3) is 2.99. The molecule has 1 nitrogen and oxygen atoms in total. The van der Waals surface area contributed by atoms with Crippen LogP contribution in [0.3, 0.4) is 0 Å². The molecule has 1 aromatic rings. The monoisotopic (exact) mass is 256 g/mol. The van der Waals surface area contributed by atoms with Crippen molar-refractivity contribution in [2.24, 2.45) is 5.92 Å². The normalized spacial score (nSPS) is 29.3. The number of rotatable bonds is 2. The van der Waals surface area contributed by atoms with E-state index in [-0.39, 0.29) is 5.82 Å². The molecule has 0 radical (unpaired) electrons. The predicted molar refractivity (Wildman–Crippen MR) is 67.7 cm³/mol. The summed E-state index contributed by atoms with van der Waals surface area (Å²) in [5.74, 6) is 0.343. The fourth-order valence-electron chi connectivity index (χ4n) is 2.51. The summed E-state index contributed by atoms with van der Waals surface area (Å²) in [5, 5.41) is 10.9. The molecular formula is C14H18ClFO. The zero-order valence-electron chi connectivity index (χ0n) is 10.0. The summed E-state index contributed by atoms with van der Waals surface area (Å²) in [6.45, 7) is 2.19. The van der Waals surface area contributed by atoms with Crippen molar-refractivity contribution in [3.05, 3.63) is 34.6 Å². The highest BCUT2D eigenvalue weighted by Crippen LogP contribution is 2.36. The van der Waals surface area contributed by atoms with Crippen LogP contribution in [-0.2, 0) is 6.42 Å². The van der Waals surface area contributed by atoms with E-state index in [1.54, 1.807) is 12.1 Å². The summed E-state index contributed by atoms with van der Waals surface area (Å²) >= 11 is 5.99. The number of benzene rings is 1. The van der Waals surface area contributed by atoms with Gasteiger partial charge in [-0.1, -0.05) is 24.6 Å². The first-order valence-electron chi connectivity index (χ1n) is 6.15. The van der Waals surface area contributed by atoms with Gasteiger partial charge in [0.1, 0.15) is 5.82 Å². The minimum absolute atomic E-state index is 0.315. The number of aliphatic hydroxyl groups is 1. The van der Waals surface area contributed by atoms with Gasteiger partial charge in [-0.2, -0.15) is 0 Å². The van der Waals surface area contributed by atoms with Gasteiger partial charge in [-0.25, -0.2) is 4.39 Å². The van der Waals surface area contributed by atoms with Crippen molar-refractivity contribution in [2.45, 2.75) is 44.6 Å². The first-order valence-corrected chi connectivity index (χ1v) is 6.53. The van der Waals surface area contributed by atoms with E-state index >= 15 is 0 Å². The Hall–Kier alpha value is -0.600. The van der Waals surface area contributed by atoms with Gasteiger partial charge in [0.25, 0.3) is 0 Å². The summed E-state index contributed by atoms with van der Waals surface area (Å²) < 4.78 is 13.7. The average molecular weight is 257 g/mol. The van der Waals surface area contributed by atoms with E-state index in [4.69, 9.17) is 11.6 Å². The molecule has 1 fully saturated rings. The van der Waals surface area contributed by atoms with Crippen molar-refractivity contribution in [1.29, 1.82) is 0 Å². The largest absolute Gasteiger partial charge is 0.390 e. The lowest BCUT2D eigenvalue weighted by Gasteiger charge is -2.35. The molecule has 0 spiro atoms. The maximum absolute atomic E-state index is 13.7. The van der Waals surface area contributed by atoms with Crippen LogP contribution in [0.4, 0.5) is 4.39 Å². The van der Waals surface area contributed by atoms with Crippen molar-refractivity contribution < 1.29 is 9.50 Å². The lowest BCUT2D eigenvalue weighted by atomic mass is 9.76. The molecule has 17 heavy (non-hydrogen) atoms. The second-order valence-corrected chi connectivity index (χ2v) is 5.69. The van der Waals surface area contributed by atoms with Crippen LogP contribution in [0.25, 0.3) is 0 Å². The van der Waals surface area contributed by atoms with E-state index in [9.17, 15) is 9.50 Å². The topological polar surface area (TPSA) is 20.2 Å². The molecule has 0 bridgehead atoms. The highest BCUT2D eigenvalue weighted by atomic mass is 35.5. The van der Waals surface area contributed by atoms with Gasteiger partial charge in [0.15, 0.2) is 0 Å². The van der Waals surface area contributed by atoms with Gasteiger partial charge >= 0.3 is 0 Å². The Morgan fingerprint density at radius 1 is 1.41 bits per heavy atom. The van der Waals surface area contributed by atoms with Crippen molar-refractivity contribution in [3.63, 3.8) is 0 Å². The van der Waals surface area contributed by atoms with Crippen LogP contribution in [0, 0.1) is 11.7 Å². The minimum atomic E-state index is -0.779. The van der Waals surface area contributed by atoms with E-state index < -0.39 is 5.60 Å². The SMILES string of the molecule is CC1CCC(O)(Cc2c(F)cccc2Cl)CC1. The van der Waals surface area contributed by atoms with Gasteiger partial charge < -0.3 is 5.11 Å². The first-order chi connectivity index (χ1) is 8.00. The van der Waals surface area contributed by atoms with Crippen LogP contribution < -0.4 is 0 Å². The van der Waals surface area contributed by atoms with Gasteiger partial charge in [-0.05, 0) is 43.7 Å². The van der Waals surface area contributed by atoms with E-state index in [1.165, 1.54) is 6.07 Å². The van der Waals surface area contributed by atoms with Crippen molar-refractivity contribution in [1.82, 2.24) is 0 Å². The molecule has 0 atom stereocenters. The van der Waals surface area contributed by atoms with Crippen molar-refractivity contribution in [2.75, 3.05) is 0 Å². The Bertz CT molecular complexity index is 377. The third-order valence-electron chi connectivity index (χ3n) is 3.77. The summed E-state index contributed by atoms with van der Waals surface area (Å²) in [6.07, 6.45) is 3.80. The van der Waals surface area contributed by atoms with Gasteiger partial charge in [0.2, 0.25) is 0 Å². The molecule has 1 N–H and O–H groups in total. The van der Waals surface area contributed by atoms with Crippen LogP contribution in [0.1, 0.15) is 38.2 Å². The van der Waals surface area contributed by atoms with E-state index in [0.717, 1.165) is 25.7 Å². The maximum atomic E-state index is 13.7. The number of hydrogen-bond donors (Lipinski definition) is 1. The smallest absolute Gasteiger partial charge is 0.127 e. The molecule has 0 heterocycles. The first kappa shape index (κ1) is 12.8. The number of halogens is 2. The molecule has 0 aromatic heterocycles. The molecule has 0 saturated heterocycles. The number of hydrogen-bond acceptors (Lipinski definition) is 1. The summed E-state index contributed by atoms with van der Waals surface area (Å²) in [6, 6.07) is 4.67. The zero-order valence-corrected chi connectivity index (χ0v) is 10.8. The van der Waals surface area contributed by atoms with E-state index in [1.807, 2.05) is 0 Å². The maximum Gasteiger partial charge on any atom is 0.127 e. The van der Waals surface area contributed by atoms with Crippen LogP contribution in [-0.4, -0.2) is 10.7 Å². The molecule has 94 valence electrons. The van der Waals surface area contributed by atoms with Gasteiger partial charge in [0.05, 0.1) is 5.60 Å². The fraction of sp³-hybridized carbons (Fsp3) is 0.571. The highest BCUT2D eigenvalue weighted by Gasteiger charge is 2.33. The predicted octanol–water partition coefficient (Wildman–Crippen LogP) is 3.96. The Morgan fingerprint density at radius 2 is 2.06 bits per heavy atom. The summed E-state index contributed by atoms with van der Waals surface area (Å²) in [7, 11) is 0. The third-order valence-corrected chi connectivity index (χ3v) is 4.13. The van der Waals surface area contributed by atoms with E-state index in [0.29, 0.717) is 22.9 Å². The van der Waals surface area contributed by atoms with Gasteiger partial charge in [-0.3, -0.25) is 0 Å². The molecule has 2 rings (SSSR count). The van der Waals surface area contributed by atoms with Gasteiger partial charge in [-0.15, -0.1) is 0 Å². The van der Waals surface area contributed by atoms with Crippen LogP contribution in [0.2, 0.25) is 5.02 Å². The van der Waals surface area contributed by atoms with Crippen molar-refractivity contribution >= 4 is 11.6 Å². The second-order valence-electron chi connectivity index (χ2n) is 5.28. The minimum Gasteiger partial charge on any atom is -0.390 e. The Kier molecular flexibility index (Phi) is 3.74. The lowest BCUT2D eigenvalue weighted by Crippen LogP contribution is -2.36. The van der Waals surface area contributed by atoms with Crippen LogP contribution in [0.15, 0.2) is 18.2 Å². The second kappa shape index (κ2) is 4.95. The van der Waals surface area contributed by atoms with Crippen molar-refractivity contribution in [3.8, 4) is 0 Å². The molecule has 3 heteroatoms. The summed E-state index contributed by atoms with van der Waals surface area (Å²) in [4.78, 5) is 0. The Morgan fingerprint density at radius 3 is 2.65 bits per heavy atom. The van der Waals surface area contributed by atoms with E-state index in [2.05, 4.69) is 6.92 Å². The molecule has 1 aliphatic carbocycles.